The van der Waals surface area contributed by atoms with Crippen LogP contribution in [0.5, 0.6) is 5.88 Å². The van der Waals surface area contributed by atoms with E-state index in [0.717, 1.165) is 0 Å². The highest BCUT2D eigenvalue weighted by atomic mass is 16.6. The molecular formula is C8H11N3O4. The Hall–Kier alpha value is -1.89. The van der Waals surface area contributed by atoms with E-state index in [2.05, 4.69) is 4.98 Å². The Morgan fingerprint density at radius 3 is 2.87 bits per heavy atom. The number of aliphatic hydroxyl groups excluding tert-OH is 1. The van der Waals surface area contributed by atoms with Gasteiger partial charge in [-0.05, 0) is 0 Å². The predicted molar refractivity (Wildman–Crippen MR) is 52.5 cm³/mol. The van der Waals surface area contributed by atoms with Crippen LogP contribution in [0, 0.1) is 10.1 Å². The Morgan fingerprint density at radius 2 is 2.33 bits per heavy atom. The van der Waals surface area contributed by atoms with E-state index in [1.807, 2.05) is 0 Å². The minimum Gasteiger partial charge on any atom is -0.478 e. The summed E-state index contributed by atoms with van der Waals surface area (Å²) in [5.74, 6) is 0.0352. The monoisotopic (exact) mass is 213 g/mol. The summed E-state index contributed by atoms with van der Waals surface area (Å²) in [4.78, 5) is 13.5. The van der Waals surface area contributed by atoms with Gasteiger partial charge in [-0.1, -0.05) is 0 Å². The summed E-state index contributed by atoms with van der Waals surface area (Å²) in [5.41, 5.74) is 5.10. The fourth-order valence-corrected chi connectivity index (χ4v) is 0.925. The van der Waals surface area contributed by atoms with Crippen LogP contribution in [0.15, 0.2) is 12.1 Å². The molecule has 15 heavy (non-hydrogen) atoms. The van der Waals surface area contributed by atoms with Crippen LogP contribution in [-0.4, -0.2) is 28.2 Å². The number of rotatable bonds is 5. The number of nitrogens with two attached hydrogens (primary N) is 1. The van der Waals surface area contributed by atoms with Crippen molar-refractivity contribution in [1.82, 2.24) is 4.98 Å². The number of hydrogen-bond donors (Lipinski definition) is 2. The number of nitro groups is 1. The number of aliphatic hydroxyl groups is 1. The molecule has 0 bridgehead atoms. The molecule has 1 rings (SSSR count). The van der Waals surface area contributed by atoms with Crippen molar-refractivity contribution in [3.63, 3.8) is 0 Å². The second kappa shape index (κ2) is 5.11. The molecule has 3 N–H and O–H groups in total. The van der Waals surface area contributed by atoms with E-state index >= 15 is 0 Å². The van der Waals surface area contributed by atoms with E-state index in [1.54, 1.807) is 0 Å². The highest BCUT2D eigenvalue weighted by Gasteiger charge is 2.12. The van der Waals surface area contributed by atoms with Crippen LogP contribution in [0.3, 0.4) is 0 Å². The van der Waals surface area contributed by atoms with Gasteiger partial charge in [0.2, 0.25) is 11.7 Å². The van der Waals surface area contributed by atoms with E-state index < -0.39 is 4.92 Å². The molecule has 0 spiro atoms. The van der Waals surface area contributed by atoms with Gasteiger partial charge in [0.25, 0.3) is 0 Å². The van der Waals surface area contributed by atoms with Gasteiger partial charge in [0.05, 0.1) is 11.5 Å². The predicted octanol–water partition coefficient (Wildman–Crippen LogP) is 0.333. The molecule has 0 aliphatic rings. The van der Waals surface area contributed by atoms with E-state index in [0.29, 0.717) is 13.0 Å². The van der Waals surface area contributed by atoms with E-state index in [1.165, 1.54) is 12.1 Å². The molecule has 0 atom stereocenters. The van der Waals surface area contributed by atoms with Crippen LogP contribution in [0.4, 0.5) is 11.5 Å². The Balaban J connectivity index is 2.69. The summed E-state index contributed by atoms with van der Waals surface area (Å²) < 4.78 is 5.09. The highest BCUT2D eigenvalue weighted by molar-refractivity contribution is 5.53. The third-order valence-electron chi connectivity index (χ3n) is 1.63. The summed E-state index contributed by atoms with van der Waals surface area (Å²) >= 11 is 0. The lowest BCUT2D eigenvalue weighted by Gasteiger charge is -2.04. The first-order valence-electron chi connectivity index (χ1n) is 4.29. The Labute approximate surface area is 85.6 Å². The zero-order valence-corrected chi connectivity index (χ0v) is 7.92. The van der Waals surface area contributed by atoms with Gasteiger partial charge in [0.1, 0.15) is 0 Å². The zero-order valence-electron chi connectivity index (χ0n) is 7.92. The molecule has 0 aliphatic heterocycles. The van der Waals surface area contributed by atoms with Crippen molar-refractivity contribution >= 4 is 11.5 Å². The molecule has 7 heteroatoms. The first kappa shape index (κ1) is 11.2. The average molecular weight is 213 g/mol. The van der Waals surface area contributed by atoms with Crippen molar-refractivity contribution in [2.45, 2.75) is 6.42 Å². The normalized spacial score (nSPS) is 9.93. The van der Waals surface area contributed by atoms with E-state index in [9.17, 15) is 10.1 Å². The van der Waals surface area contributed by atoms with Crippen LogP contribution >= 0.6 is 0 Å². The molecule has 0 amide bonds. The number of nitrogens with zero attached hydrogens (tertiary/aromatic N) is 2. The van der Waals surface area contributed by atoms with Crippen LogP contribution in [0.1, 0.15) is 6.42 Å². The Kier molecular flexibility index (Phi) is 3.81. The van der Waals surface area contributed by atoms with Crippen molar-refractivity contribution in [1.29, 1.82) is 0 Å². The summed E-state index contributed by atoms with van der Waals surface area (Å²) in [6, 6.07) is 2.60. The van der Waals surface area contributed by atoms with Crippen molar-refractivity contribution in [2.75, 3.05) is 18.9 Å². The van der Waals surface area contributed by atoms with Gasteiger partial charge in [-0.2, -0.15) is 4.98 Å². The van der Waals surface area contributed by atoms with Gasteiger partial charge < -0.3 is 15.6 Å². The van der Waals surface area contributed by atoms with Crippen molar-refractivity contribution in [2.24, 2.45) is 0 Å². The summed E-state index contributed by atoms with van der Waals surface area (Å²) in [5, 5.41) is 18.9. The molecular weight excluding hydrogens is 202 g/mol. The molecule has 0 aliphatic carbocycles. The highest BCUT2D eigenvalue weighted by Crippen LogP contribution is 2.21. The van der Waals surface area contributed by atoms with E-state index in [4.69, 9.17) is 15.6 Å². The second-order valence-electron chi connectivity index (χ2n) is 2.74. The first-order valence-corrected chi connectivity index (χ1v) is 4.29. The third kappa shape index (κ3) is 3.06. The first-order chi connectivity index (χ1) is 7.15. The number of aromatic nitrogens is 1. The number of pyridine rings is 1. The maximum atomic E-state index is 10.4. The van der Waals surface area contributed by atoms with Crippen LogP contribution in [-0.2, 0) is 0 Å². The fourth-order valence-electron chi connectivity index (χ4n) is 0.925. The molecule has 0 saturated heterocycles. The van der Waals surface area contributed by atoms with E-state index in [-0.39, 0.29) is 24.0 Å². The number of hydrogen-bond acceptors (Lipinski definition) is 6. The summed E-state index contributed by atoms with van der Waals surface area (Å²) in [7, 11) is 0. The van der Waals surface area contributed by atoms with Crippen LogP contribution in [0.2, 0.25) is 0 Å². The molecule has 82 valence electrons. The zero-order chi connectivity index (χ0) is 11.3. The molecule has 0 fully saturated rings. The lowest BCUT2D eigenvalue weighted by molar-refractivity contribution is -0.384. The third-order valence-corrected chi connectivity index (χ3v) is 1.63. The van der Waals surface area contributed by atoms with Crippen LogP contribution in [0.25, 0.3) is 0 Å². The molecule has 7 nitrogen and oxygen atoms in total. The molecule has 1 aromatic rings. The largest absolute Gasteiger partial charge is 0.478 e. The SMILES string of the molecule is Nc1nc(OCCCO)ccc1[N+](=O)[O-]. The second-order valence-corrected chi connectivity index (χ2v) is 2.74. The lowest BCUT2D eigenvalue weighted by Crippen LogP contribution is -2.04. The molecule has 1 aromatic heterocycles. The van der Waals surface area contributed by atoms with Crippen molar-refractivity contribution in [3.8, 4) is 5.88 Å². The molecule has 0 unspecified atom stereocenters. The van der Waals surface area contributed by atoms with Gasteiger partial charge in [0.15, 0.2) is 0 Å². The molecule has 0 saturated carbocycles. The molecule has 0 aromatic carbocycles. The number of ether oxygens (including phenoxy) is 1. The summed E-state index contributed by atoms with van der Waals surface area (Å²) in [6.45, 7) is 0.309. The quantitative estimate of drug-likeness (QED) is 0.414. The molecule has 0 radical (unpaired) electrons. The molecule has 1 heterocycles. The standard InChI is InChI=1S/C8H11N3O4/c9-8-6(11(13)14)2-3-7(10-8)15-5-1-4-12/h2-3,12H,1,4-5H2,(H2,9,10). The number of nitrogen functional groups attached to an aromatic ring is 1. The van der Waals surface area contributed by atoms with Crippen LogP contribution < -0.4 is 10.5 Å². The minimum absolute atomic E-state index is 0.0163. The fraction of sp³-hybridized carbons (Fsp3) is 0.375. The van der Waals surface area contributed by atoms with Gasteiger partial charge in [-0.25, -0.2) is 0 Å². The maximum Gasteiger partial charge on any atom is 0.311 e. The van der Waals surface area contributed by atoms with Gasteiger partial charge in [-0.3, -0.25) is 10.1 Å². The van der Waals surface area contributed by atoms with Gasteiger partial charge in [-0.15, -0.1) is 0 Å². The smallest absolute Gasteiger partial charge is 0.311 e. The average Bonchev–Trinajstić information content (AvgIpc) is 2.17. The minimum atomic E-state index is -0.611. The Morgan fingerprint density at radius 1 is 1.60 bits per heavy atom. The lowest BCUT2D eigenvalue weighted by atomic mass is 10.4. The van der Waals surface area contributed by atoms with Gasteiger partial charge >= 0.3 is 5.69 Å². The Bertz CT molecular complexity index is 356. The summed E-state index contributed by atoms with van der Waals surface area (Å²) in [6.07, 6.45) is 0.471. The van der Waals surface area contributed by atoms with Crippen molar-refractivity contribution < 1.29 is 14.8 Å². The van der Waals surface area contributed by atoms with Gasteiger partial charge in [0, 0.05) is 25.2 Å². The maximum absolute atomic E-state index is 10.4. The number of anilines is 1. The van der Waals surface area contributed by atoms with Crippen molar-refractivity contribution in [3.05, 3.63) is 22.2 Å². The topological polar surface area (TPSA) is 112 Å².